The average molecular weight is 351 g/mol. The SMILES string of the molecule is COc1ccccc1C(C)Nc1ccc(Br)c([N+](=O)[O-])c1. The third-order valence-corrected chi connectivity index (χ3v) is 3.80. The number of nitrogens with one attached hydrogen (secondary N) is 1. The third kappa shape index (κ3) is 3.52. The maximum Gasteiger partial charge on any atom is 0.285 e. The molecular weight excluding hydrogens is 336 g/mol. The van der Waals surface area contributed by atoms with E-state index in [0.29, 0.717) is 10.2 Å². The molecule has 110 valence electrons. The van der Waals surface area contributed by atoms with Gasteiger partial charge in [0.1, 0.15) is 5.75 Å². The van der Waals surface area contributed by atoms with Gasteiger partial charge < -0.3 is 10.1 Å². The van der Waals surface area contributed by atoms with Crippen LogP contribution in [0.2, 0.25) is 0 Å². The van der Waals surface area contributed by atoms with Crippen molar-refractivity contribution in [1.29, 1.82) is 0 Å². The van der Waals surface area contributed by atoms with E-state index in [1.807, 2.05) is 31.2 Å². The molecule has 0 fully saturated rings. The maximum absolute atomic E-state index is 11.0. The van der Waals surface area contributed by atoms with Crippen LogP contribution in [0.25, 0.3) is 0 Å². The minimum absolute atomic E-state index is 0.0345. The minimum atomic E-state index is -0.414. The summed E-state index contributed by atoms with van der Waals surface area (Å²) in [6.45, 7) is 1.98. The fraction of sp³-hybridized carbons (Fsp3) is 0.200. The second-order valence-corrected chi connectivity index (χ2v) is 5.39. The van der Waals surface area contributed by atoms with E-state index in [-0.39, 0.29) is 11.7 Å². The lowest BCUT2D eigenvalue weighted by Gasteiger charge is -2.18. The second-order valence-electron chi connectivity index (χ2n) is 4.53. The van der Waals surface area contributed by atoms with Crippen molar-refractivity contribution in [2.24, 2.45) is 0 Å². The standard InChI is InChI=1S/C15H15BrN2O3/c1-10(12-5-3-4-6-15(12)21-2)17-11-7-8-13(16)14(9-11)18(19)20/h3-10,17H,1-2H3. The van der Waals surface area contributed by atoms with Crippen molar-refractivity contribution >= 4 is 27.3 Å². The van der Waals surface area contributed by atoms with Gasteiger partial charge in [0.15, 0.2) is 0 Å². The lowest BCUT2D eigenvalue weighted by molar-refractivity contribution is -0.385. The first-order valence-electron chi connectivity index (χ1n) is 6.36. The molecule has 21 heavy (non-hydrogen) atoms. The van der Waals surface area contributed by atoms with Crippen LogP contribution in [0.4, 0.5) is 11.4 Å². The van der Waals surface area contributed by atoms with E-state index in [1.165, 1.54) is 6.07 Å². The quantitative estimate of drug-likeness (QED) is 0.635. The lowest BCUT2D eigenvalue weighted by atomic mass is 10.1. The molecule has 0 radical (unpaired) electrons. The average Bonchev–Trinajstić information content (AvgIpc) is 2.48. The molecule has 2 aromatic rings. The molecule has 0 aliphatic rings. The Bertz CT molecular complexity index is 661. The Morgan fingerprint density at radius 3 is 2.67 bits per heavy atom. The number of nitro benzene ring substituents is 1. The van der Waals surface area contributed by atoms with Gasteiger partial charge >= 0.3 is 0 Å². The van der Waals surface area contributed by atoms with Gasteiger partial charge in [0.2, 0.25) is 0 Å². The van der Waals surface area contributed by atoms with Gasteiger partial charge in [-0.1, -0.05) is 18.2 Å². The summed E-state index contributed by atoms with van der Waals surface area (Å²) >= 11 is 3.18. The monoisotopic (exact) mass is 350 g/mol. The summed E-state index contributed by atoms with van der Waals surface area (Å²) < 4.78 is 5.79. The maximum atomic E-state index is 11.0. The molecule has 1 atom stereocenters. The molecule has 0 saturated heterocycles. The molecule has 0 spiro atoms. The number of halogens is 1. The van der Waals surface area contributed by atoms with Gasteiger partial charge in [0.05, 0.1) is 22.5 Å². The van der Waals surface area contributed by atoms with Crippen LogP contribution in [-0.4, -0.2) is 12.0 Å². The van der Waals surface area contributed by atoms with Crippen LogP contribution in [0.1, 0.15) is 18.5 Å². The summed E-state index contributed by atoms with van der Waals surface area (Å²) in [5, 5.41) is 14.2. The van der Waals surface area contributed by atoms with E-state index in [2.05, 4.69) is 21.2 Å². The molecule has 1 unspecified atom stereocenters. The number of anilines is 1. The zero-order valence-corrected chi connectivity index (χ0v) is 13.3. The highest BCUT2D eigenvalue weighted by Crippen LogP contribution is 2.31. The Morgan fingerprint density at radius 1 is 1.29 bits per heavy atom. The fourth-order valence-electron chi connectivity index (χ4n) is 2.09. The summed E-state index contributed by atoms with van der Waals surface area (Å²) in [5.41, 5.74) is 1.71. The summed E-state index contributed by atoms with van der Waals surface area (Å²) in [4.78, 5) is 10.5. The van der Waals surface area contributed by atoms with Crippen LogP contribution in [0.3, 0.4) is 0 Å². The number of para-hydroxylation sites is 1. The Labute approximate surface area is 131 Å². The topological polar surface area (TPSA) is 64.4 Å². The van der Waals surface area contributed by atoms with Crippen LogP contribution in [0.15, 0.2) is 46.9 Å². The molecule has 5 nitrogen and oxygen atoms in total. The zero-order valence-electron chi connectivity index (χ0n) is 11.7. The number of hydrogen-bond acceptors (Lipinski definition) is 4. The Hall–Kier alpha value is -2.08. The predicted molar refractivity (Wildman–Crippen MR) is 85.8 cm³/mol. The predicted octanol–water partition coefficient (Wildman–Crippen LogP) is 4.54. The molecule has 0 heterocycles. The fourth-order valence-corrected chi connectivity index (χ4v) is 2.49. The van der Waals surface area contributed by atoms with E-state index in [0.717, 1.165) is 11.3 Å². The Balaban J connectivity index is 2.25. The molecule has 1 N–H and O–H groups in total. The van der Waals surface area contributed by atoms with E-state index in [9.17, 15) is 10.1 Å². The van der Waals surface area contributed by atoms with Crippen molar-refractivity contribution in [3.05, 3.63) is 62.6 Å². The van der Waals surface area contributed by atoms with Crippen molar-refractivity contribution in [3.63, 3.8) is 0 Å². The van der Waals surface area contributed by atoms with Crippen molar-refractivity contribution < 1.29 is 9.66 Å². The van der Waals surface area contributed by atoms with E-state index >= 15 is 0 Å². The Morgan fingerprint density at radius 2 is 2.00 bits per heavy atom. The van der Waals surface area contributed by atoms with Crippen molar-refractivity contribution in [2.45, 2.75) is 13.0 Å². The molecule has 0 aliphatic carbocycles. The normalized spacial score (nSPS) is 11.8. The van der Waals surface area contributed by atoms with Gasteiger partial charge in [0, 0.05) is 17.3 Å². The zero-order chi connectivity index (χ0) is 15.4. The molecule has 0 saturated carbocycles. The van der Waals surface area contributed by atoms with Gasteiger partial charge in [-0.2, -0.15) is 0 Å². The van der Waals surface area contributed by atoms with Crippen LogP contribution < -0.4 is 10.1 Å². The number of nitrogens with zero attached hydrogens (tertiary/aromatic N) is 1. The molecular formula is C15H15BrN2O3. The van der Waals surface area contributed by atoms with Crippen molar-refractivity contribution in [1.82, 2.24) is 0 Å². The largest absolute Gasteiger partial charge is 0.496 e. The summed E-state index contributed by atoms with van der Waals surface area (Å²) in [7, 11) is 1.62. The summed E-state index contributed by atoms with van der Waals surface area (Å²) in [6.07, 6.45) is 0. The molecule has 0 aliphatic heterocycles. The highest BCUT2D eigenvalue weighted by Gasteiger charge is 2.15. The minimum Gasteiger partial charge on any atom is -0.496 e. The number of rotatable bonds is 5. The first kappa shape index (κ1) is 15.3. The number of nitro groups is 1. The second kappa shape index (κ2) is 6.58. The van der Waals surface area contributed by atoms with Crippen LogP contribution in [0.5, 0.6) is 5.75 Å². The molecule has 0 bridgehead atoms. The van der Waals surface area contributed by atoms with Crippen LogP contribution in [0, 0.1) is 10.1 Å². The number of methoxy groups -OCH3 is 1. The van der Waals surface area contributed by atoms with E-state index < -0.39 is 4.92 Å². The summed E-state index contributed by atoms with van der Waals surface area (Å²) in [5.74, 6) is 0.782. The van der Waals surface area contributed by atoms with Crippen LogP contribution >= 0.6 is 15.9 Å². The summed E-state index contributed by atoms with van der Waals surface area (Å²) in [6, 6.07) is 12.6. The van der Waals surface area contributed by atoms with E-state index in [1.54, 1.807) is 19.2 Å². The van der Waals surface area contributed by atoms with Crippen LogP contribution in [-0.2, 0) is 0 Å². The van der Waals surface area contributed by atoms with Gasteiger partial charge in [-0.25, -0.2) is 0 Å². The van der Waals surface area contributed by atoms with Gasteiger partial charge in [0.25, 0.3) is 5.69 Å². The highest BCUT2D eigenvalue weighted by atomic mass is 79.9. The highest BCUT2D eigenvalue weighted by molar-refractivity contribution is 9.10. The molecule has 6 heteroatoms. The first-order valence-corrected chi connectivity index (χ1v) is 7.15. The first-order chi connectivity index (χ1) is 10.0. The molecule has 0 amide bonds. The van der Waals surface area contributed by atoms with Crippen molar-refractivity contribution in [3.8, 4) is 5.75 Å². The van der Waals surface area contributed by atoms with Gasteiger partial charge in [-0.05, 0) is 41.1 Å². The molecule has 2 aromatic carbocycles. The Kier molecular flexibility index (Phi) is 4.80. The third-order valence-electron chi connectivity index (χ3n) is 3.13. The lowest BCUT2D eigenvalue weighted by Crippen LogP contribution is -2.08. The number of benzene rings is 2. The van der Waals surface area contributed by atoms with Gasteiger partial charge in [-0.15, -0.1) is 0 Å². The number of ether oxygens (including phenoxy) is 1. The molecule has 2 rings (SSSR count). The molecule has 0 aromatic heterocycles. The van der Waals surface area contributed by atoms with E-state index in [4.69, 9.17) is 4.74 Å². The smallest absolute Gasteiger partial charge is 0.285 e. The van der Waals surface area contributed by atoms with Crippen molar-refractivity contribution in [2.75, 3.05) is 12.4 Å². The van der Waals surface area contributed by atoms with Gasteiger partial charge in [-0.3, -0.25) is 10.1 Å². The number of hydrogen-bond donors (Lipinski definition) is 1.